The minimum atomic E-state index is -0.348. The Labute approximate surface area is 182 Å². The molecule has 1 aromatic heterocycles. The van der Waals surface area contributed by atoms with Gasteiger partial charge in [0.15, 0.2) is 11.4 Å². The molecule has 1 heterocycles. The van der Waals surface area contributed by atoms with Crippen LogP contribution in [0.15, 0.2) is 65.6 Å². The number of carbonyl (C=O) groups is 1. The Bertz CT molecular complexity index is 1090. The molecule has 0 saturated carbocycles. The van der Waals surface area contributed by atoms with Crippen molar-refractivity contribution in [1.29, 1.82) is 0 Å². The molecule has 0 aliphatic heterocycles. The van der Waals surface area contributed by atoms with Gasteiger partial charge in [-0.3, -0.25) is 9.59 Å². The summed E-state index contributed by atoms with van der Waals surface area (Å²) in [6.45, 7) is 7.73. The number of nitrogens with zero attached hydrogens (tertiary/aromatic N) is 2. The lowest BCUT2D eigenvalue weighted by molar-refractivity contribution is 0.0939. The van der Waals surface area contributed by atoms with Crippen LogP contribution in [0, 0.1) is 0 Å². The molecule has 0 unspecified atom stereocenters. The van der Waals surface area contributed by atoms with Crippen molar-refractivity contribution >= 4 is 17.3 Å². The van der Waals surface area contributed by atoms with E-state index in [1.807, 2.05) is 45.9 Å². The van der Waals surface area contributed by atoms with E-state index in [2.05, 4.69) is 15.7 Å². The van der Waals surface area contributed by atoms with Crippen LogP contribution in [0.25, 0.3) is 5.69 Å². The fraction of sp³-hybridized carbons (Fsp3) is 0.292. The summed E-state index contributed by atoms with van der Waals surface area (Å²) in [6, 6.07) is 16.3. The minimum absolute atomic E-state index is 0.0773. The van der Waals surface area contributed by atoms with E-state index in [0.717, 1.165) is 6.42 Å². The van der Waals surface area contributed by atoms with Crippen LogP contribution in [-0.2, 0) is 0 Å². The van der Waals surface area contributed by atoms with Gasteiger partial charge in [0.2, 0.25) is 0 Å². The number of rotatable bonds is 8. The summed E-state index contributed by atoms with van der Waals surface area (Å²) in [5, 5.41) is 10.4. The van der Waals surface area contributed by atoms with Crippen LogP contribution < -0.4 is 20.9 Å². The standard InChI is InChI=1S/C24H28N4O3/c1-5-17(4)26-23(29)18-10-9-11-19(14-18)27-22-21(31-16(2)3)15-25-28(24(22)30)20-12-7-6-8-13-20/h6-17,27H,5H2,1-4H3,(H,26,29)/t17-/m1/s1. The highest BCUT2D eigenvalue weighted by atomic mass is 16.5. The van der Waals surface area contributed by atoms with E-state index < -0.39 is 0 Å². The summed E-state index contributed by atoms with van der Waals surface area (Å²) >= 11 is 0. The van der Waals surface area contributed by atoms with Gasteiger partial charge < -0.3 is 15.4 Å². The number of nitrogens with one attached hydrogen (secondary N) is 2. The summed E-state index contributed by atoms with van der Waals surface area (Å²) in [7, 11) is 0. The normalized spacial score (nSPS) is 11.8. The lowest BCUT2D eigenvalue weighted by Gasteiger charge is -2.17. The number of ether oxygens (including phenoxy) is 1. The second-order valence-electron chi connectivity index (χ2n) is 7.59. The fourth-order valence-corrected chi connectivity index (χ4v) is 2.94. The maximum atomic E-state index is 13.3. The molecule has 0 aliphatic rings. The highest BCUT2D eigenvalue weighted by Gasteiger charge is 2.16. The lowest BCUT2D eigenvalue weighted by Crippen LogP contribution is -2.31. The van der Waals surface area contributed by atoms with E-state index in [9.17, 15) is 9.59 Å². The van der Waals surface area contributed by atoms with Crippen molar-refractivity contribution in [1.82, 2.24) is 15.1 Å². The molecule has 0 radical (unpaired) electrons. The van der Waals surface area contributed by atoms with Gasteiger partial charge in [-0.05, 0) is 57.5 Å². The molecule has 0 spiro atoms. The molecule has 31 heavy (non-hydrogen) atoms. The number of benzene rings is 2. The van der Waals surface area contributed by atoms with Gasteiger partial charge in [-0.1, -0.05) is 31.2 Å². The molecule has 7 nitrogen and oxygen atoms in total. The highest BCUT2D eigenvalue weighted by Crippen LogP contribution is 2.25. The van der Waals surface area contributed by atoms with E-state index in [0.29, 0.717) is 22.7 Å². The third-order valence-corrected chi connectivity index (χ3v) is 4.69. The maximum absolute atomic E-state index is 13.3. The highest BCUT2D eigenvalue weighted by molar-refractivity contribution is 5.95. The average molecular weight is 421 g/mol. The smallest absolute Gasteiger partial charge is 0.299 e. The van der Waals surface area contributed by atoms with Gasteiger partial charge >= 0.3 is 0 Å². The molecule has 7 heteroatoms. The second-order valence-corrected chi connectivity index (χ2v) is 7.59. The van der Waals surface area contributed by atoms with Crippen molar-refractivity contribution in [3.8, 4) is 11.4 Å². The minimum Gasteiger partial charge on any atom is -0.487 e. The summed E-state index contributed by atoms with van der Waals surface area (Å²) in [6.07, 6.45) is 2.23. The van der Waals surface area contributed by atoms with Gasteiger partial charge in [-0.25, -0.2) is 0 Å². The Kier molecular flexibility index (Phi) is 7.07. The molecule has 1 atom stereocenters. The van der Waals surface area contributed by atoms with Gasteiger partial charge in [-0.2, -0.15) is 9.78 Å². The first-order valence-corrected chi connectivity index (χ1v) is 10.4. The van der Waals surface area contributed by atoms with Crippen molar-refractivity contribution in [2.24, 2.45) is 0 Å². The number of hydrogen-bond acceptors (Lipinski definition) is 5. The first-order chi connectivity index (χ1) is 14.9. The molecule has 1 amide bonds. The predicted molar refractivity (Wildman–Crippen MR) is 123 cm³/mol. The van der Waals surface area contributed by atoms with E-state index in [1.54, 1.807) is 36.4 Å². The molecular formula is C24H28N4O3. The summed E-state index contributed by atoms with van der Waals surface area (Å²) in [4.78, 5) is 25.8. The summed E-state index contributed by atoms with van der Waals surface area (Å²) in [5.74, 6) is 0.190. The summed E-state index contributed by atoms with van der Waals surface area (Å²) < 4.78 is 7.13. The largest absolute Gasteiger partial charge is 0.487 e. The van der Waals surface area contributed by atoms with E-state index in [4.69, 9.17) is 4.74 Å². The molecular weight excluding hydrogens is 392 g/mol. The molecule has 3 rings (SSSR count). The third kappa shape index (κ3) is 5.51. The van der Waals surface area contributed by atoms with Crippen LogP contribution in [0.1, 0.15) is 44.5 Å². The van der Waals surface area contributed by atoms with Crippen molar-refractivity contribution in [2.75, 3.05) is 5.32 Å². The van der Waals surface area contributed by atoms with Gasteiger partial charge in [0.05, 0.1) is 18.0 Å². The molecule has 162 valence electrons. The van der Waals surface area contributed by atoms with Gasteiger partial charge in [0.1, 0.15) is 0 Å². The van der Waals surface area contributed by atoms with E-state index >= 15 is 0 Å². The molecule has 0 saturated heterocycles. The van der Waals surface area contributed by atoms with Gasteiger partial charge in [0, 0.05) is 17.3 Å². The fourth-order valence-electron chi connectivity index (χ4n) is 2.94. The number of anilines is 2. The molecule has 2 aromatic carbocycles. The van der Waals surface area contributed by atoms with E-state index in [-0.39, 0.29) is 29.3 Å². The predicted octanol–water partition coefficient (Wildman–Crippen LogP) is 4.29. The number of hydrogen-bond donors (Lipinski definition) is 2. The SMILES string of the molecule is CC[C@@H](C)NC(=O)c1cccc(Nc2c(OC(C)C)cnn(-c3ccccc3)c2=O)c1. The van der Waals surface area contributed by atoms with Crippen LogP contribution in [0.4, 0.5) is 11.4 Å². The number of amides is 1. The van der Waals surface area contributed by atoms with Crippen molar-refractivity contribution in [3.63, 3.8) is 0 Å². The Morgan fingerprint density at radius 1 is 1.10 bits per heavy atom. The van der Waals surface area contributed by atoms with Crippen molar-refractivity contribution in [3.05, 3.63) is 76.7 Å². The van der Waals surface area contributed by atoms with Crippen molar-refractivity contribution in [2.45, 2.75) is 46.3 Å². The zero-order valence-electron chi connectivity index (χ0n) is 18.3. The van der Waals surface area contributed by atoms with Crippen LogP contribution in [0.5, 0.6) is 5.75 Å². The first kappa shape index (κ1) is 22.1. The quantitative estimate of drug-likeness (QED) is 0.568. The van der Waals surface area contributed by atoms with Crippen LogP contribution in [0.3, 0.4) is 0 Å². The topological polar surface area (TPSA) is 85.2 Å². The van der Waals surface area contributed by atoms with Crippen molar-refractivity contribution < 1.29 is 9.53 Å². The van der Waals surface area contributed by atoms with Gasteiger partial charge in [-0.15, -0.1) is 0 Å². The maximum Gasteiger partial charge on any atom is 0.299 e. The monoisotopic (exact) mass is 420 g/mol. The number of para-hydroxylation sites is 1. The Hall–Kier alpha value is -3.61. The number of carbonyl (C=O) groups excluding carboxylic acids is 1. The van der Waals surface area contributed by atoms with Crippen LogP contribution >= 0.6 is 0 Å². The molecule has 0 aliphatic carbocycles. The third-order valence-electron chi connectivity index (χ3n) is 4.69. The molecule has 2 N–H and O–H groups in total. The Balaban J connectivity index is 1.99. The number of aromatic nitrogens is 2. The van der Waals surface area contributed by atoms with Gasteiger partial charge in [0.25, 0.3) is 11.5 Å². The second kappa shape index (κ2) is 9.93. The zero-order chi connectivity index (χ0) is 22.4. The zero-order valence-corrected chi connectivity index (χ0v) is 18.3. The first-order valence-electron chi connectivity index (χ1n) is 10.4. The molecule has 0 bridgehead atoms. The van der Waals surface area contributed by atoms with E-state index in [1.165, 1.54) is 10.9 Å². The Morgan fingerprint density at radius 3 is 2.52 bits per heavy atom. The molecule has 3 aromatic rings. The Morgan fingerprint density at radius 2 is 1.84 bits per heavy atom. The lowest BCUT2D eigenvalue weighted by atomic mass is 10.1. The average Bonchev–Trinajstić information content (AvgIpc) is 2.76. The summed E-state index contributed by atoms with van der Waals surface area (Å²) in [5.41, 5.74) is 1.67. The van der Waals surface area contributed by atoms with Crippen LogP contribution in [0.2, 0.25) is 0 Å². The van der Waals surface area contributed by atoms with Crippen LogP contribution in [-0.4, -0.2) is 27.8 Å². The molecule has 0 fully saturated rings.